The van der Waals surface area contributed by atoms with Gasteiger partial charge in [-0.1, -0.05) is 30.3 Å². The second kappa shape index (κ2) is 7.21. The Morgan fingerprint density at radius 2 is 1.56 bits per heavy atom. The molecule has 0 aromatic heterocycles. The average molecular weight is 342 g/mol. The fourth-order valence-corrected chi connectivity index (χ4v) is 2.44. The minimum Gasteiger partial charge on any atom is -0.489 e. The Morgan fingerprint density at radius 1 is 0.880 bits per heavy atom. The molecule has 25 heavy (non-hydrogen) atoms. The first-order valence-electron chi connectivity index (χ1n) is 7.49. The maximum absolute atomic E-state index is 13.4. The number of benzene rings is 3. The van der Waals surface area contributed by atoms with Crippen LogP contribution in [0.25, 0.3) is 11.1 Å². The fourth-order valence-electron chi connectivity index (χ4n) is 2.44. The predicted octanol–water partition coefficient (Wildman–Crippen LogP) is 5.16. The molecule has 0 spiro atoms. The van der Waals surface area contributed by atoms with Crippen LogP contribution in [0.2, 0.25) is 0 Å². The highest BCUT2D eigenvalue weighted by molar-refractivity contribution is 5.88. The molecule has 0 aliphatic heterocycles. The quantitative estimate of drug-likeness (QED) is 0.473. The van der Waals surface area contributed by atoms with Crippen molar-refractivity contribution in [3.8, 4) is 16.9 Å². The van der Waals surface area contributed by atoms with Crippen LogP contribution in [0.3, 0.4) is 0 Å². The van der Waals surface area contributed by atoms with E-state index in [1.54, 1.807) is 6.07 Å². The van der Waals surface area contributed by atoms with Crippen LogP contribution in [0.15, 0.2) is 60.7 Å². The third-order valence-electron chi connectivity index (χ3n) is 3.69. The minimum atomic E-state index is -1.54. The van der Waals surface area contributed by atoms with E-state index in [-0.39, 0.29) is 11.1 Å². The molecule has 126 valence electrons. The molecule has 3 aromatic carbocycles. The zero-order valence-corrected chi connectivity index (χ0v) is 13.0. The third kappa shape index (κ3) is 3.71. The van der Waals surface area contributed by atoms with Gasteiger partial charge in [0, 0.05) is 5.56 Å². The van der Waals surface area contributed by atoms with Crippen LogP contribution in [0.4, 0.5) is 13.2 Å². The zero-order valence-electron chi connectivity index (χ0n) is 13.0. The van der Waals surface area contributed by atoms with Gasteiger partial charge in [-0.05, 0) is 47.0 Å². The van der Waals surface area contributed by atoms with E-state index in [0.29, 0.717) is 24.2 Å². The molecule has 2 nitrogen and oxygen atoms in total. The van der Waals surface area contributed by atoms with Crippen molar-refractivity contribution < 1.29 is 22.7 Å². The van der Waals surface area contributed by atoms with Crippen molar-refractivity contribution in [2.24, 2.45) is 0 Å². The molecular formula is C20H13F3O2. The van der Waals surface area contributed by atoms with E-state index in [4.69, 9.17) is 4.74 Å². The van der Waals surface area contributed by atoms with Gasteiger partial charge < -0.3 is 4.74 Å². The summed E-state index contributed by atoms with van der Waals surface area (Å²) in [6.45, 7) is 0.318. The van der Waals surface area contributed by atoms with Crippen molar-refractivity contribution >= 4 is 6.29 Å². The summed E-state index contributed by atoms with van der Waals surface area (Å²) in [6, 6.07) is 15.7. The third-order valence-corrected chi connectivity index (χ3v) is 3.69. The second-order valence-corrected chi connectivity index (χ2v) is 5.40. The average Bonchev–Trinajstić information content (AvgIpc) is 2.64. The smallest absolute Gasteiger partial charge is 0.194 e. The van der Waals surface area contributed by atoms with E-state index >= 15 is 0 Å². The second-order valence-electron chi connectivity index (χ2n) is 5.40. The summed E-state index contributed by atoms with van der Waals surface area (Å²) >= 11 is 0. The SMILES string of the molecule is O=Cc1cc(OCc2ccccc2)ccc1-c1cc(F)c(F)c(F)c1. The molecule has 0 N–H and O–H groups in total. The van der Waals surface area contributed by atoms with Gasteiger partial charge in [-0.2, -0.15) is 0 Å². The molecule has 0 aliphatic rings. The van der Waals surface area contributed by atoms with Gasteiger partial charge in [-0.15, -0.1) is 0 Å². The number of hydrogen-bond donors (Lipinski definition) is 0. The molecule has 0 saturated heterocycles. The first-order valence-corrected chi connectivity index (χ1v) is 7.49. The Morgan fingerprint density at radius 3 is 2.20 bits per heavy atom. The summed E-state index contributed by atoms with van der Waals surface area (Å²) in [5, 5.41) is 0. The lowest BCUT2D eigenvalue weighted by Crippen LogP contribution is -1.98. The molecule has 0 unspecified atom stereocenters. The summed E-state index contributed by atoms with van der Waals surface area (Å²) in [7, 11) is 0. The lowest BCUT2D eigenvalue weighted by atomic mass is 9.99. The molecule has 0 fully saturated rings. The summed E-state index contributed by atoms with van der Waals surface area (Å²) in [5.74, 6) is -3.72. The highest BCUT2D eigenvalue weighted by atomic mass is 19.2. The van der Waals surface area contributed by atoms with Crippen LogP contribution < -0.4 is 4.74 Å². The molecule has 0 heterocycles. The fraction of sp³-hybridized carbons (Fsp3) is 0.0500. The van der Waals surface area contributed by atoms with Crippen molar-refractivity contribution in [1.82, 2.24) is 0 Å². The molecule has 0 atom stereocenters. The van der Waals surface area contributed by atoms with Gasteiger partial charge in [-0.25, -0.2) is 13.2 Å². The highest BCUT2D eigenvalue weighted by Gasteiger charge is 2.14. The van der Waals surface area contributed by atoms with Crippen molar-refractivity contribution in [1.29, 1.82) is 0 Å². The monoisotopic (exact) mass is 342 g/mol. The van der Waals surface area contributed by atoms with Crippen molar-refractivity contribution in [3.63, 3.8) is 0 Å². The van der Waals surface area contributed by atoms with E-state index in [0.717, 1.165) is 17.7 Å². The van der Waals surface area contributed by atoms with E-state index in [2.05, 4.69) is 0 Å². The van der Waals surface area contributed by atoms with Crippen molar-refractivity contribution in [3.05, 3.63) is 89.2 Å². The standard InChI is InChI=1S/C20H13F3O2/c21-18-9-14(10-19(22)20(18)23)17-7-6-16(8-15(17)11-24)25-12-13-4-2-1-3-5-13/h1-11H,12H2. The van der Waals surface area contributed by atoms with E-state index in [1.165, 1.54) is 12.1 Å². The summed E-state index contributed by atoms with van der Waals surface area (Å²) in [4.78, 5) is 11.3. The number of rotatable bonds is 5. The number of halogens is 3. The van der Waals surface area contributed by atoms with Crippen LogP contribution in [-0.2, 0) is 6.61 Å². The van der Waals surface area contributed by atoms with E-state index < -0.39 is 17.5 Å². The molecule has 0 amide bonds. The van der Waals surface area contributed by atoms with Crippen LogP contribution in [0.5, 0.6) is 5.75 Å². The van der Waals surface area contributed by atoms with Crippen molar-refractivity contribution in [2.75, 3.05) is 0 Å². The van der Waals surface area contributed by atoms with E-state index in [9.17, 15) is 18.0 Å². The molecular weight excluding hydrogens is 329 g/mol. The van der Waals surface area contributed by atoms with Crippen LogP contribution >= 0.6 is 0 Å². The Bertz CT molecular complexity index is 885. The number of hydrogen-bond acceptors (Lipinski definition) is 2. The lowest BCUT2D eigenvalue weighted by molar-refractivity contribution is 0.112. The molecule has 3 aromatic rings. The number of ether oxygens (including phenoxy) is 1. The normalized spacial score (nSPS) is 10.5. The highest BCUT2D eigenvalue weighted by Crippen LogP contribution is 2.29. The first kappa shape index (κ1) is 16.8. The van der Waals surface area contributed by atoms with Gasteiger partial charge in [0.15, 0.2) is 23.7 Å². The van der Waals surface area contributed by atoms with Crippen molar-refractivity contribution in [2.45, 2.75) is 6.61 Å². The minimum absolute atomic E-state index is 0.0770. The Balaban J connectivity index is 1.88. The summed E-state index contributed by atoms with van der Waals surface area (Å²) < 4.78 is 45.6. The van der Waals surface area contributed by atoms with E-state index in [1.807, 2.05) is 30.3 Å². The first-order chi connectivity index (χ1) is 12.1. The van der Waals surface area contributed by atoms with Crippen LogP contribution in [0, 0.1) is 17.5 Å². The zero-order chi connectivity index (χ0) is 17.8. The molecule has 0 saturated carbocycles. The molecule has 3 rings (SSSR count). The van der Waals surface area contributed by atoms with Gasteiger partial charge in [0.1, 0.15) is 12.4 Å². The summed E-state index contributed by atoms with van der Waals surface area (Å²) in [6.07, 6.45) is 0.559. The van der Waals surface area contributed by atoms with Crippen LogP contribution in [0.1, 0.15) is 15.9 Å². The molecule has 0 bridgehead atoms. The van der Waals surface area contributed by atoms with Gasteiger partial charge in [0.2, 0.25) is 0 Å². The van der Waals surface area contributed by atoms with Gasteiger partial charge in [0.25, 0.3) is 0 Å². The number of carbonyl (C=O) groups excluding carboxylic acids is 1. The Kier molecular flexibility index (Phi) is 4.84. The summed E-state index contributed by atoms with van der Waals surface area (Å²) in [5.41, 5.74) is 1.52. The molecule has 5 heteroatoms. The maximum Gasteiger partial charge on any atom is 0.194 e. The van der Waals surface area contributed by atoms with Crippen LogP contribution in [-0.4, -0.2) is 6.29 Å². The Hall–Kier alpha value is -3.08. The Labute approximate surface area is 142 Å². The number of aldehydes is 1. The molecule has 0 aliphatic carbocycles. The van der Waals surface area contributed by atoms with Gasteiger partial charge in [0.05, 0.1) is 0 Å². The lowest BCUT2D eigenvalue weighted by Gasteiger charge is -2.10. The van der Waals surface area contributed by atoms with Gasteiger partial charge in [-0.3, -0.25) is 4.79 Å². The predicted molar refractivity (Wildman–Crippen MR) is 87.9 cm³/mol. The molecule has 0 radical (unpaired) electrons. The topological polar surface area (TPSA) is 26.3 Å². The van der Waals surface area contributed by atoms with Gasteiger partial charge >= 0.3 is 0 Å². The number of carbonyl (C=O) groups is 1. The largest absolute Gasteiger partial charge is 0.489 e. The maximum atomic E-state index is 13.4.